The smallest absolute Gasteiger partial charge is 0.283 e. The van der Waals surface area contributed by atoms with Crippen LogP contribution in [0.5, 0.6) is 0 Å². The van der Waals surface area contributed by atoms with E-state index in [2.05, 4.69) is 134 Å². The maximum atomic E-state index is 2.49. The lowest BCUT2D eigenvalue weighted by molar-refractivity contribution is -0.647. The summed E-state index contributed by atoms with van der Waals surface area (Å²) in [6.07, 6.45) is 0.144. The van der Waals surface area contributed by atoms with Crippen LogP contribution in [0.1, 0.15) is 23.6 Å². The maximum absolute atomic E-state index is 2.49. The molecule has 0 radical (unpaired) electrons. The molecule has 2 heterocycles. The molecule has 3 aromatic carbocycles. The van der Waals surface area contributed by atoms with Crippen LogP contribution in [-0.4, -0.2) is 6.17 Å². The van der Waals surface area contributed by atoms with Crippen molar-refractivity contribution >= 4 is 22.9 Å². The Morgan fingerprint density at radius 2 is 1.19 bits per heavy atom. The number of anilines is 4. The molecule has 0 spiro atoms. The predicted octanol–water partition coefficient (Wildman–Crippen LogP) is 6.74. The molecular weight excluding hydrogens is 390 g/mol. The van der Waals surface area contributed by atoms with Crippen LogP contribution >= 0.6 is 0 Å². The summed E-state index contributed by atoms with van der Waals surface area (Å²) in [5, 5.41) is 0. The van der Waals surface area contributed by atoms with E-state index in [0.29, 0.717) is 0 Å². The standard InChI is InChI=1S/C29H30N3/c1-20-12-6-7-15-24(20)25-18-11-19-28(30(25)5)31-23(4)32(27-17-9-8-16-26(27)31)29-21(2)13-10-14-22(29)3/h6-19,23H,1-5H3/q+1/t23-/m1/s1. The van der Waals surface area contributed by atoms with Crippen LogP contribution in [0, 0.1) is 20.8 Å². The number of fused-ring (bicyclic) bond motifs is 1. The highest BCUT2D eigenvalue weighted by molar-refractivity contribution is 5.88. The molecule has 32 heavy (non-hydrogen) atoms. The minimum Gasteiger partial charge on any atom is -0.298 e. The summed E-state index contributed by atoms with van der Waals surface area (Å²) in [6, 6.07) is 30.5. The number of rotatable bonds is 3. The molecule has 160 valence electrons. The molecule has 1 aliphatic rings. The zero-order chi connectivity index (χ0) is 22.4. The van der Waals surface area contributed by atoms with E-state index in [0.717, 1.165) is 0 Å². The fourth-order valence-electron chi connectivity index (χ4n) is 5.14. The Kier molecular flexibility index (Phi) is 4.97. The molecule has 3 nitrogen and oxygen atoms in total. The second kappa shape index (κ2) is 7.83. The Morgan fingerprint density at radius 1 is 0.625 bits per heavy atom. The second-order valence-electron chi connectivity index (χ2n) is 8.74. The molecule has 0 N–H and O–H groups in total. The topological polar surface area (TPSA) is 10.4 Å². The Hall–Kier alpha value is -3.59. The summed E-state index contributed by atoms with van der Waals surface area (Å²) >= 11 is 0. The maximum Gasteiger partial charge on any atom is 0.283 e. The molecule has 0 aliphatic carbocycles. The lowest BCUT2D eigenvalue weighted by Crippen LogP contribution is -2.44. The van der Waals surface area contributed by atoms with Crippen molar-refractivity contribution in [3.05, 3.63) is 102 Å². The Bertz CT molecular complexity index is 1290. The number of pyridine rings is 1. The van der Waals surface area contributed by atoms with Gasteiger partial charge in [-0.15, -0.1) is 0 Å². The Balaban J connectivity index is 1.69. The van der Waals surface area contributed by atoms with Crippen LogP contribution in [-0.2, 0) is 7.05 Å². The number of benzene rings is 3. The van der Waals surface area contributed by atoms with Crippen molar-refractivity contribution in [1.82, 2.24) is 0 Å². The van der Waals surface area contributed by atoms with Gasteiger partial charge in [-0.3, -0.25) is 4.90 Å². The van der Waals surface area contributed by atoms with Gasteiger partial charge in [0.25, 0.3) is 5.82 Å². The molecular formula is C29H30N3+. The van der Waals surface area contributed by atoms with Crippen LogP contribution in [0.3, 0.4) is 0 Å². The van der Waals surface area contributed by atoms with Gasteiger partial charge in [-0.05, 0) is 68.7 Å². The highest BCUT2D eigenvalue weighted by Gasteiger charge is 2.42. The summed E-state index contributed by atoms with van der Waals surface area (Å²) < 4.78 is 2.32. The number of aromatic nitrogens is 1. The minimum absolute atomic E-state index is 0.144. The number of hydrogen-bond acceptors (Lipinski definition) is 2. The quantitative estimate of drug-likeness (QED) is 0.340. The summed E-state index contributed by atoms with van der Waals surface area (Å²) in [5.74, 6) is 1.18. The summed E-state index contributed by atoms with van der Waals surface area (Å²) in [5.41, 5.74) is 10.1. The molecule has 0 unspecified atom stereocenters. The van der Waals surface area contributed by atoms with Gasteiger partial charge in [-0.2, -0.15) is 0 Å². The van der Waals surface area contributed by atoms with Crippen LogP contribution in [0.15, 0.2) is 84.9 Å². The number of aryl methyl sites for hydroxylation is 3. The molecule has 4 aromatic rings. The Morgan fingerprint density at radius 3 is 1.88 bits per heavy atom. The third-order valence-corrected chi connectivity index (χ3v) is 6.70. The zero-order valence-electron chi connectivity index (χ0n) is 19.5. The first-order valence-corrected chi connectivity index (χ1v) is 11.3. The van der Waals surface area contributed by atoms with Gasteiger partial charge in [-0.25, -0.2) is 9.47 Å². The second-order valence-corrected chi connectivity index (χ2v) is 8.74. The lowest BCUT2D eigenvalue weighted by atomic mass is 10.0. The SMILES string of the molecule is Cc1ccccc1-c1cccc(N2c3ccccc3N(c3c(C)cccc3C)[C@@H]2C)[n+]1C. The monoisotopic (exact) mass is 420 g/mol. The van der Waals surface area contributed by atoms with Crippen molar-refractivity contribution in [2.45, 2.75) is 33.9 Å². The molecule has 1 atom stereocenters. The molecule has 1 aromatic heterocycles. The van der Waals surface area contributed by atoms with Gasteiger partial charge >= 0.3 is 0 Å². The van der Waals surface area contributed by atoms with E-state index in [9.17, 15) is 0 Å². The third kappa shape index (κ3) is 3.08. The third-order valence-electron chi connectivity index (χ3n) is 6.70. The van der Waals surface area contributed by atoms with E-state index in [1.165, 1.54) is 50.8 Å². The highest BCUT2D eigenvalue weighted by atomic mass is 15.4. The normalized spacial score (nSPS) is 15.2. The van der Waals surface area contributed by atoms with Crippen LogP contribution in [0.25, 0.3) is 11.3 Å². The highest BCUT2D eigenvalue weighted by Crippen LogP contribution is 2.48. The summed E-state index contributed by atoms with van der Waals surface area (Å²) in [4.78, 5) is 4.95. The van der Waals surface area contributed by atoms with E-state index in [-0.39, 0.29) is 6.17 Å². The van der Waals surface area contributed by atoms with Crippen molar-refractivity contribution in [2.75, 3.05) is 9.80 Å². The van der Waals surface area contributed by atoms with Crippen LogP contribution in [0.2, 0.25) is 0 Å². The van der Waals surface area contributed by atoms with E-state index in [1.807, 2.05) is 0 Å². The summed E-state index contributed by atoms with van der Waals surface area (Å²) in [7, 11) is 2.17. The van der Waals surface area contributed by atoms with Crippen molar-refractivity contribution in [1.29, 1.82) is 0 Å². The first-order valence-electron chi connectivity index (χ1n) is 11.3. The van der Waals surface area contributed by atoms with Crippen LogP contribution < -0.4 is 14.4 Å². The van der Waals surface area contributed by atoms with Crippen molar-refractivity contribution in [2.24, 2.45) is 7.05 Å². The Labute approximate surface area is 191 Å². The van der Waals surface area contributed by atoms with Crippen molar-refractivity contribution in [3.8, 4) is 11.3 Å². The van der Waals surface area contributed by atoms with Gasteiger partial charge < -0.3 is 0 Å². The molecule has 0 bridgehead atoms. The lowest BCUT2D eigenvalue weighted by Gasteiger charge is -2.28. The van der Waals surface area contributed by atoms with Gasteiger partial charge in [0.1, 0.15) is 5.69 Å². The van der Waals surface area contributed by atoms with Gasteiger partial charge in [0.05, 0.1) is 18.4 Å². The molecule has 0 fully saturated rings. The van der Waals surface area contributed by atoms with Crippen molar-refractivity contribution < 1.29 is 4.57 Å². The largest absolute Gasteiger partial charge is 0.298 e. The molecule has 0 amide bonds. The van der Waals surface area contributed by atoms with Gasteiger partial charge in [-0.1, -0.05) is 54.6 Å². The minimum atomic E-state index is 0.144. The first kappa shape index (κ1) is 20.3. The molecule has 0 saturated heterocycles. The van der Waals surface area contributed by atoms with Crippen molar-refractivity contribution in [3.63, 3.8) is 0 Å². The molecule has 5 rings (SSSR count). The van der Waals surface area contributed by atoms with E-state index in [4.69, 9.17) is 0 Å². The van der Waals surface area contributed by atoms with Gasteiger partial charge in [0, 0.05) is 11.6 Å². The first-order chi connectivity index (χ1) is 15.5. The number of para-hydroxylation sites is 3. The van der Waals surface area contributed by atoms with Crippen LogP contribution in [0.4, 0.5) is 22.9 Å². The fourth-order valence-corrected chi connectivity index (χ4v) is 5.14. The van der Waals surface area contributed by atoms with Gasteiger partial charge in [0.15, 0.2) is 11.9 Å². The fraction of sp³-hybridized carbons (Fsp3) is 0.207. The number of nitrogens with zero attached hydrogens (tertiary/aromatic N) is 3. The van der Waals surface area contributed by atoms with E-state index >= 15 is 0 Å². The number of hydrogen-bond donors (Lipinski definition) is 0. The predicted molar refractivity (Wildman–Crippen MR) is 134 cm³/mol. The summed E-state index contributed by atoms with van der Waals surface area (Å²) in [6.45, 7) is 8.89. The zero-order valence-corrected chi connectivity index (χ0v) is 19.5. The average molecular weight is 421 g/mol. The molecule has 3 heteroatoms. The molecule has 0 saturated carbocycles. The average Bonchev–Trinajstić information content (AvgIpc) is 3.06. The van der Waals surface area contributed by atoms with E-state index in [1.54, 1.807) is 0 Å². The van der Waals surface area contributed by atoms with E-state index < -0.39 is 0 Å². The van der Waals surface area contributed by atoms with Gasteiger partial charge in [0.2, 0.25) is 0 Å². The molecule has 1 aliphatic heterocycles.